The normalized spacial score (nSPS) is 33.3. The van der Waals surface area contributed by atoms with Gasteiger partial charge in [0.2, 0.25) is 0 Å². The van der Waals surface area contributed by atoms with Crippen molar-refractivity contribution in [3.63, 3.8) is 0 Å². The van der Waals surface area contributed by atoms with Crippen LogP contribution in [-0.2, 0) is 4.79 Å². The summed E-state index contributed by atoms with van der Waals surface area (Å²) in [6.07, 6.45) is 11.3. The first-order valence-electron chi connectivity index (χ1n) is 7.47. The number of hydrogen-bond donors (Lipinski definition) is 0. The van der Waals surface area contributed by atoms with Gasteiger partial charge < -0.3 is 0 Å². The van der Waals surface area contributed by atoms with E-state index in [2.05, 4.69) is 32.0 Å². The molecule has 0 spiro atoms. The van der Waals surface area contributed by atoms with Gasteiger partial charge in [0.25, 0.3) is 0 Å². The van der Waals surface area contributed by atoms with Crippen molar-refractivity contribution >= 4 is 5.78 Å². The summed E-state index contributed by atoms with van der Waals surface area (Å²) in [7, 11) is 4.17. The van der Waals surface area contributed by atoms with E-state index in [0.717, 1.165) is 31.3 Å². The minimum Gasteiger partial charge on any atom is -0.297 e. The van der Waals surface area contributed by atoms with E-state index in [1.807, 2.05) is 0 Å². The SMILES string of the molecule is CC1CCCC(C(=O)C2=CCCCC2)(N(C)C)C1. The molecule has 0 aromatic rings. The maximum Gasteiger partial charge on any atom is 0.178 e. The highest BCUT2D eigenvalue weighted by Gasteiger charge is 2.44. The quantitative estimate of drug-likeness (QED) is 0.762. The Morgan fingerprint density at radius 2 is 2.11 bits per heavy atom. The molecule has 1 saturated carbocycles. The van der Waals surface area contributed by atoms with E-state index in [1.165, 1.54) is 25.7 Å². The fourth-order valence-electron chi connectivity index (χ4n) is 3.68. The molecular weight excluding hydrogens is 222 g/mol. The number of Topliss-reactive ketones (excluding diaryl/α,β-unsaturated/α-hetero) is 1. The minimum atomic E-state index is -0.207. The van der Waals surface area contributed by atoms with Gasteiger partial charge in [-0.05, 0) is 64.1 Å². The lowest BCUT2D eigenvalue weighted by Gasteiger charge is -2.44. The summed E-state index contributed by atoms with van der Waals surface area (Å²) >= 11 is 0. The van der Waals surface area contributed by atoms with Crippen LogP contribution >= 0.6 is 0 Å². The zero-order valence-corrected chi connectivity index (χ0v) is 12.2. The lowest BCUT2D eigenvalue weighted by atomic mass is 9.70. The highest BCUT2D eigenvalue weighted by Crippen LogP contribution is 2.39. The topological polar surface area (TPSA) is 20.3 Å². The average molecular weight is 249 g/mol. The first kappa shape index (κ1) is 13.8. The fourth-order valence-corrected chi connectivity index (χ4v) is 3.68. The second kappa shape index (κ2) is 5.56. The standard InChI is InChI=1S/C16H27NO/c1-13-8-7-11-16(12-13,17(2)3)15(18)14-9-5-4-6-10-14/h9,13H,4-8,10-12H2,1-3H3. The smallest absolute Gasteiger partial charge is 0.178 e. The Morgan fingerprint density at radius 1 is 1.33 bits per heavy atom. The average Bonchev–Trinajstić information content (AvgIpc) is 2.38. The van der Waals surface area contributed by atoms with Crippen molar-refractivity contribution in [1.82, 2.24) is 4.90 Å². The van der Waals surface area contributed by atoms with Gasteiger partial charge in [0, 0.05) is 0 Å². The zero-order valence-electron chi connectivity index (χ0n) is 12.2. The molecule has 0 saturated heterocycles. The van der Waals surface area contributed by atoms with Crippen molar-refractivity contribution < 1.29 is 4.79 Å². The van der Waals surface area contributed by atoms with Crippen molar-refractivity contribution in [3.05, 3.63) is 11.6 Å². The molecule has 0 aliphatic heterocycles. The summed E-state index contributed by atoms with van der Waals surface area (Å²) in [5.74, 6) is 1.10. The molecular formula is C16H27NO. The Labute approximate surface area is 111 Å². The van der Waals surface area contributed by atoms with Gasteiger partial charge in [0.1, 0.15) is 0 Å². The summed E-state index contributed by atoms with van der Waals surface area (Å²) in [4.78, 5) is 15.1. The lowest BCUT2D eigenvalue weighted by molar-refractivity contribution is -0.129. The molecule has 0 heterocycles. The van der Waals surface area contributed by atoms with Crippen molar-refractivity contribution in [2.24, 2.45) is 5.92 Å². The Kier molecular flexibility index (Phi) is 4.26. The monoisotopic (exact) mass is 249 g/mol. The third-order valence-electron chi connectivity index (χ3n) is 4.83. The van der Waals surface area contributed by atoms with E-state index >= 15 is 0 Å². The minimum absolute atomic E-state index is 0.207. The molecule has 102 valence electrons. The van der Waals surface area contributed by atoms with Gasteiger partial charge in [-0.1, -0.05) is 25.8 Å². The van der Waals surface area contributed by atoms with Crippen LogP contribution in [0.3, 0.4) is 0 Å². The maximum atomic E-state index is 13.0. The molecule has 0 bridgehead atoms. The number of likely N-dealkylation sites (N-methyl/N-ethyl adjacent to an activating group) is 1. The van der Waals surface area contributed by atoms with Gasteiger partial charge in [-0.25, -0.2) is 0 Å². The molecule has 2 aliphatic carbocycles. The third-order valence-corrected chi connectivity index (χ3v) is 4.83. The van der Waals surface area contributed by atoms with Gasteiger partial charge in [-0.15, -0.1) is 0 Å². The van der Waals surface area contributed by atoms with Crippen LogP contribution in [0.2, 0.25) is 0 Å². The van der Waals surface area contributed by atoms with Crippen LogP contribution in [0, 0.1) is 5.92 Å². The van der Waals surface area contributed by atoms with Crippen LogP contribution in [-0.4, -0.2) is 30.3 Å². The summed E-state index contributed by atoms with van der Waals surface area (Å²) in [6.45, 7) is 2.29. The Balaban J connectivity index is 2.23. The predicted octanol–water partition coefficient (Wildman–Crippen LogP) is 3.57. The van der Waals surface area contributed by atoms with Crippen LogP contribution in [0.5, 0.6) is 0 Å². The Morgan fingerprint density at radius 3 is 2.67 bits per heavy atom. The molecule has 0 amide bonds. The second-order valence-electron chi connectivity index (χ2n) is 6.43. The van der Waals surface area contributed by atoms with Crippen LogP contribution in [0.1, 0.15) is 58.3 Å². The molecule has 2 rings (SSSR count). The van der Waals surface area contributed by atoms with E-state index in [-0.39, 0.29) is 5.54 Å². The number of allylic oxidation sites excluding steroid dienone is 1. The number of nitrogens with zero attached hydrogens (tertiary/aromatic N) is 1. The molecule has 2 nitrogen and oxygen atoms in total. The molecule has 0 aromatic carbocycles. The van der Waals surface area contributed by atoms with Crippen molar-refractivity contribution in [2.75, 3.05) is 14.1 Å². The van der Waals surface area contributed by atoms with Crippen LogP contribution in [0.25, 0.3) is 0 Å². The number of carbonyl (C=O) groups excluding carboxylic acids is 1. The van der Waals surface area contributed by atoms with Crippen molar-refractivity contribution in [3.8, 4) is 0 Å². The number of carbonyl (C=O) groups is 1. The summed E-state index contributed by atoms with van der Waals surface area (Å²) in [6, 6.07) is 0. The maximum absolute atomic E-state index is 13.0. The summed E-state index contributed by atoms with van der Waals surface area (Å²) in [5.41, 5.74) is 0.907. The second-order valence-corrected chi connectivity index (χ2v) is 6.43. The van der Waals surface area contributed by atoms with Crippen LogP contribution in [0.4, 0.5) is 0 Å². The van der Waals surface area contributed by atoms with Gasteiger partial charge in [-0.2, -0.15) is 0 Å². The molecule has 2 unspecified atom stereocenters. The number of ketones is 1. The molecule has 0 N–H and O–H groups in total. The van der Waals surface area contributed by atoms with E-state index in [4.69, 9.17) is 0 Å². The molecule has 0 aromatic heterocycles. The van der Waals surface area contributed by atoms with E-state index in [9.17, 15) is 4.79 Å². The largest absolute Gasteiger partial charge is 0.297 e. The Hall–Kier alpha value is -0.630. The van der Waals surface area contributed by atoms with E-state index < -0.39 is 0 Å². The van der Waals surface area contributed by atoms with E-state index in [0.29, 0.717) is 11.7 Å². The third kappa shape index (κ3) is 2.54. The highest BCUT2D eigenvalue weighted by molar-refractivity contribution is 6.02. The van der Waals surface area contributed by atoms with Crippen LogP contribution < -0.4 is 0 Å². The highest BCUT2D eigenvalue weighted by atomic mass is 16.1. The molecule has 2 heteroatoms. The van der Waals surface area contributed by atoms with Gasteiger partial charge >= 0.3 is 0 Å². The van der Waals surface area contributed by atoms with Crippen LogP contribution in [0.15, 0.2) is 11.6 Å². The molecule has 2 atom stereocenters. The van der Waals surface area contributed by atoms with Crippen molar-refractivity contribution in [1.29, 1.82) is 0 Å². The zero-order chi connectivity index (χ0) is 13.2. The number of hydrogen-bond acceptors (Lipinski definition) is 2. The van der Waals surface area contributed by atoms with Crippen molar-refractivity contribution in [2.45, 2.75) is 63.8 Å². The number of rotatable bonds is 3. The molecule has 1 fully saturated rings. The molecule has 0 radical (unpaired) electrons. The predicted molar refractivity (Wildman–Crippen MR) is 75.6 cm³/mol. The lowest BCUT2D eigenvalue weighted by Crippen LogP contribution is -2.54. The Bertz CT molecular complexity index is 345. The van der Waals surface area contributed by atoms with E-state index in [1.54, 1.807) is 0 Å². The van der Waals surface area contributed by atoms with Gasteiger partial charge in [0.15, 0.2) is 5.78 Å². The summed E-state index contributed by atoms with van der Waals surface area (Å²) < 4.78 is 0. The fraction of sp³-hybridized carbons (Fsp3) is 0.812. The first-order valence-corrected chi connectivity index (χ1v) is 7.47. The summed E-state index contributed by atoms with van der Waals surface area (Å²) in [5, 5.41) is 0. The first-order chi connectivity index (χ1) is 8.56. The molecule has 18 heavy (non-hydrogen) atoms. The van der Waals surface area contributed by atoms with Gasteiger partial charge in [-0.3, -0.25) is 9.69 Å². The molecule has 2 aliphatic rings. The van der Waals surface area contributed by atoms with Gasteiger partial charge in [0.05, 0.1) is 5.54 Å².